The number of hydrogen-bond acceptors (Lipinski definition) is 7. The predicted octanol–water partition coefficient (Wildman–Crippen LogP) is -0.365. The molecule has 2 N–H and O–H groups in total. The molecule has 0 saturated carbocycles. The van der Waals surface area contributed by atoms with Gasteiger partial charge in [-0.2, -0.15) is 24.7 Å². The van der Waals surface area contributed by atoms with Crippen LogP contribution in [0.3, 0.4) is 0 Å². The number of anilines is 2. The van der Waals surface area contributed by atoms with Crippen molar-refractivity contribution in [2.45, 2.75) is 12.8 Å². The van der Waals surface area contributed by atoms with Crippen LogP contribution in [0, 0.1) is 0 Å². The van der Waals surface area contributed by atoms with E-state index in [1.165, 1.54) is 17.3 Å². The first-order chi connectivity index (χ1) is 8.33. The average Bonchev–Trinajstić information content (AvgIpc) is 3.02. The zero-order chi connectivity index (χ0) is 11.7. The predicted molar refractivity (Wildman–Crippen MR) is 60.6 cm³/mol. The van der Waals surface area contributed by atoms with Crippen molar-refractivity contribution in [2.24, 2.45) is 0 Å². The summed E-state index contributed by atoms with van der Waals surface area (Å²) in [6.07, 6.45) is 5.27. The lowest BCUT2D eigenvalue weighted by Crippen LogP contribution is -2.22. The van der Waals surface area contributed by atoms with E-state index in [1.807, 2.05) is 0 Å². The maximum Gasteiger partial charge on any atom is 0.258 e. The smallest absolute Gasteiger partial charge is 0.258 e. The Kier molecular flexibility index (Phi) is 2.32. The van der Waals surface area contributed by atoms with Gasteiger partial charge in [0.25, 0.3) is 5.95 Å². The zero-order valence-corrected chi connectivity index (χ0v) is 9.19. The van der Waals surface area contributed by atoms with Crippen LogP contribution >= 0.6 is 0 Å². The van der Waals surface area contributed by atoms with Crippen molar-refractivity contribution in [2.75, 3.05) is 23.7 Å². The highest BCUT2D eigenvalue weighted by molar-refractivity contribution is 5.38. The monoisotopic (exact) mass is 232 g/mol. The van der Waals surface area contributed by atoms with Gasteiger partial charge in [0.2, 0.25) is 11.9 Å². The Morgan fingerprint density at radius 1 is 1.06 bits per heavy atom. The molecule has 1 aliphatic rings. The number of rotatable bonds is 2. The standard InChI is InChI=1S/C9H12N8/c10-7-13-8(16-3-1-2-4-16)15-9(14-7)17-6-11-5-12-17/h5-6H,1-4H2,(H2,10,13,14,15). The van der Waals surface area contributed by atoms with E-state index < -0.39 is 0 Å². The van der Waals surface area contributed by atoms with Crippen molar-refractivity contribution in [1.82, 2.24) is 29.7 Å². The minimum Gasteiger partial charge on any atom is -0.368 e. The van der Waals surface area contributed by atoms with Gasteiger partial charge in [-0.3, -0.25) is 0 Å². The Morgan fingerprint density at radius 2 is 1.82 bits per heavy atom. The van der Waals surface area contributed by atoms with Gasteiger partial charge in [-0.1, -0.05) is 0 Å². The van der Waals surface area contributed by atoms with Crippen molar-refractivity contribution in [3.05, 3.63) is 12.7 Å². The fraction of sp³-hybridized carbons (Fsp3) is 0.444. The van der Waals surface area contributed by atoms with Gasteiger partial charge in [0, 0.05) is 13.1 Å². The zero-order valence-electron chi connectivity index (χ0n) is 9.19. The molecule has 0 aromatic carbocycles. The van der Waals surface area contributed by atoms with Crippen LogP contribution in [0.1, 0.15) is 12.8 Å². The molecule has 1 aliphatic heterocycles. The molecule has 1 saturated heterocycles. The summed E-state index contributed by atoms with van der Waals surface area (Å²) in [5.74, 6) is 1.21. The van der Waals surface area contributed by atoms with Crippen LogP contribution in [0.2, 0.25) is 0 Å². The van der Waals surface area contributed by atoms with Crippen molar-refractivity contribution < 1.29 is 0 Å². The van der Waals surface area contributed by atoms with Gasteiger partial charge in [-0.05, 0) is 12.8 Å². The summed E-state index contributed by atoms with van der Waals surface area (Å²) >= 11 is 0. The summed E-state index contributed by atoms with van der Waals surface area (Å²) in [6, 6.07) is 0. The third-order valence-electron chi connectivity index (χ3n) is 2.64. The number of hydrogen-bond donors (Lipinski definition) is 1. The second kappa shape index (κ2) is 3.96. The van der Waals surface area contributed by atoms with Crippen LogP contribution in [0.5, 0.6) is 0 Å². The fourth-order valence-electron chi connectivity index (χ4n) is 1.84. The van der Waals surface area contributed by atoms with E-state index in [0.29, 0.717) is 11.9 Å². The lowest BCUT2D eigenvalue weighted by Gasteiger charge is -2.15. The second-order valence-electron chi connectivity index (χ2n) is 3.83. The van der Waals surface area contributed by atoms with Gasteiger partial charge in [0.05, 0.1) is 0 Å². The minimum atomic E-state index is 0.201. The van der Waals surface area contributed by atoms with Crippen LogP contribution in [0.25, 0.3) is 5.95 Å². The van der Waals surface area contributed by atoms with Crippen molar-refractivity contribution in [1.29, 1.82) is 0 Å². The van der Waals surface area contributed by atoms with E-state index in [-0.39, 0.29) is 5.95 Å². The van der Waals surface area contributed by atoms with Crippen LogP contribution in [-0.2, 0) is 0 Å². The number of nitrogens with zero attached hydrogens (tertiary/aromatic N) is 7. The summed E-state index contributed by atoms with van der Waals surface area (Å²) in [7, 11) is 0. The molecule has 0 spiro atoms. The maximum atomic E-state index is 5.68. The molecule has 0 atom stereocenters. The average molecular weight is 232 g/mol. The third-order valence-corrected chi connectivity index (χ3v) is 2.64. The highest BCUT2D eigenvalue weighted by atomic mass is 15.4. The number of nitrogen functional groups attached to an aromatic ring is 1. The Bertz CT molecular complexity index is 502. The summed E-state index contributed by atoms with van der Waals surface area (Å²) in [4.78, 5) is 18.5. The van der Waals surface area contributed by atoms with Crippen LogP contribution in [0.15, 0.2) is 12.7 Å². The quantitative estimate of drug-likeness (QED) is 0.754. The topological polar surface area (TPSA) is 98.6 Å². The SMILES string of the molecule is Nc1nc(N2CCCC2)nc(-n2cncn2)n1. The van der Waals surface area contributed by atoms with Gasteiger partial charge in [-0.25, -0.2) is 4.98 Å². The molecule has 2 aromatic heterocycles. The fourth-order valence-corrected chi connectivity index (χ4v) is 1.84. The molecule has 8 heteroatoms. The summed E-state index contributed by atoms with van der Waals surface area (Å²) in [5, 5.41) is 3.97. The molecule has 0 bridgehead atoms. The van der Waals surface area contributed by atoms with E-state index in [1.54, 1.807) is 0 Å². The Labute approximate surface area is 97.5 Å². The van der Waals surface area contributed by atoms with E-state index in [4.69, 9.17) is 5.73 Å². The number of aromatic nitrogens is 6. The van der Waals surface area contributed by atoms with Gasteiger partial charge >= 0.3 is 0 Å². The Morgan fingerprint density at radius 3 is 2.53 bits per heavy atom. The summed E-state index contributed by atoms with van der Waals surface area (Å²) in [5.41, 5.74) is 5.68. The number of nitrogens with two attached hydrogens (primary N) is 1. The van der Waals surface area contributed by atoms with Crippen LogP contribution in [-0.4, -0.2) is 42.8 Å². The first kappa shape index (κ1) is 9.94. The van der Waals surface area contributed by atoms with E-state index in [2.05, 4.69) is 29.9 Å². The molecular weight excluding hydrogens is 220 g/mol. The van der Waals surface area contributed by atoms with E-state index >= 15 is 0 Å². The molecule has 88 valence electrons. The van der Waals surface area contributed by atoms with E-state index in [0.717, 1.165) is 25.9 Å². The van der Waals surface area contributed by atoms with E-state index in [9.17, 15) is 0 Å². The molecule has 0 radical (unpaired) electrons. The molecule has 3 rings (SSSR count). The van der Waals surface area contributed by atoms with Gasteiger partial charge < -0.3 is 10.6 Å². The Balaban J connectivity index is 2.00. The second-order valence-corrected chi connectivity index (χ2v) is 3.83. The maximum absolute atomic E-state index is 5.68. The molecule has 8 nitrogen and oxygen atoms in total. The molecule has 17 heavy (non-hydrogen) atoms. The largest absolute Gasteiger partial charge is 0.368 e. The highest BCUT2D eigenvalue weighted by Gasteiger charge is 2.17. The molecule has 2 aromatic rings. The third kappa shape index (κ3) is 1.88. The molecule has 0 amide bonds. The highest BCUT2D eigenvalue weighted by Crippen LogP contribution is 2.16. The van der Waals surface area contributed by atoms with Crippen LogP contribution < -0.4 is 10.6 Å². The molecule has 0 aliphatic carbocycles. The first-order valence-electron chi connectivity index (χ1n) is 5.44. The van der Waals surface area contributed by atoms with Gasteiger partial charge in [0.1, 0.15) is 12.7 Å². The first-order valence-corrected chi connectivity index (χ1v) is 5.44. The van der Waals surface area contributed by atoms with Crippen LogP contribution in [0.4, 0.5) is 11.9 Å². The molecule has 0 unspecified atom stereocenters. The molecule has 1 fully saturated rings. The lowest BCUT2D eigenvalue weighted by molar-refractivity contribution is 0.781. The van der Waals surface area contributed by atoms with Crippen molar-refractivity contribution in [3.8, 4) is 5.95 Å². The Hall–Kier alpha value is -2.25. The molecular formula is C9H12N8. The van der Waals surface area contributed by atoms with Crippen molar-refractivity contribution in [3.63, 3.8) is 0 Å². The van der Waals surface area contributed by atoms with Gasteiger partial charge in [-0.15, -0.1) is 0 Å². The summed E-state index contributed by atoms with van der Waals surface area (Å²) in [6.45, 7) is 1.92. The normalized spacial score (nSPS) is 15.4. The lowest BCUT2D eigenvalue weighted by atomic mass is 10.4. The van der Waals surface area contributed by atoms with Gasteiger partial charge in [0.15, 0.2) is 0 Å². The summed E-state index contributed by atoms with van der Waals surface area (Å²) < 4.78 is 1.47. The molecule has 3 heterocycles. The van der Waals surface area contributed by atoms with Crippen molar-refractivity contribution >= 4 is 11.9 Å². The minimum absolute atomic E-state index is 0.201.